The second-order valence-corrected chi connectivity index (χ2v) is 8.94. The van der Waals surface area contributed by atoms with Gasteiger partial charge in [0.2, 0.25) is 0 Å². The molecule has 2 bridgehead atoms. The van der Waals surface area contributed by atoms with Gasteiger partial charge in [0.05, 0.1) is 11.2 Å². The lowest BCUT2D eigenvalue weighted by atomic mass is 9.77. The standard InChI is InChI=1S/C21H30BNO2/c1-20(2)21(3,4)25-22(24-20)17-8-5-7-15(12-17)11-16-13-18-9-6-10-19(14-16)23-18/h5,7-8,12-13,18-19,23H,6,9-11,14H2,1-4H3. The van der Waals surface area contributed by atoms with Crippen LogP contribution in [0.15, 0.2) is 35.9 Å². The van der Waals surface area contributed by atoms with Crippen LogP contribution in [0.4, 0.5) is 0 Å². The lowest BCUT2D eigenvalue weighted by Gasteiger charge is -2.35. The van der Waals surface area contributed by atoms with Crippen molar-refractivity contribution in [3.8, 4) is 0 Å². The Balaban J connectivity index is 1.50. The zero-order valence-electron chi connectivity index (χ0n) is 16.0. The molecule has 3 aliphatic rings. The number of fused-ring (bicyclic) bond motifs is 2. The predicted octanol–water partition coefficient (Wildman–Crippen LogP) is 3.37. The van der Waals surface area contributed by atoms with Crippen LogP contribution in [0.1, 0.15) is 58.9 Å². The minimum Gasteiger partial charge on any atom is -0.399 e. The molecule has 0 amide bonds. The monoisotopic (exact) mass is 339 g/mol. The average Bonchev–Trinajstić information content (AvgIpc) is 2.75. The Morgan fingerprint density at radius 2 is 1.88 bits per heavy atom. The molecule has 0 radical (unpaired) electrons. The van der Waals surface area contributed by atoms with Gasteiger partial charge in [0.1, 0.15) is 0 Å². The van der Waals surface area contributed by atoms with E-state index >= 15 is 0 Å². The number of rotatable bonds is 3. The van der Waals surface area contributed by atoms with Gasteiger partial charge in [-0.3, -0.25) is 0 Å². The summed E-state index contributed by atoms with van der Waals surface area (Å²) in [6, 6.07) is 10.0. The van der Waals surface area contributed by atoms with Gasteiger partial charge in [0, 0.05) is 12.1 Å². The molecule has 1 aromatic carbocycles. The summed E-state index contributed by atoms with van der Waals surface area (Å²) >= 11 is 0. The highest BCUT2D eigenvalue weighted by molar-refractivity contribution is 6.62. The van der Waals surface area contributed by atoms with Gasteiger partial charge < -0.3 is 14.6 Å². The molecule has 2 unspecified atom stereocenters. The van der Waals surface area contributed by atoms with E-state index in [1.54, 1.807) is 5.57 Å². The highest BCUT2D eigenvalue weighted by Gasteiger charge is 2.51. The molecule has 1 aromatic rings. The molecule has 0 aromatic heterocycles. The number of benzene rings is 1. The normalized spacial score (nSPS) is 30.2. The van der Waals surface area contributed by atoms with Gasteiger partial charge in [-0.2, -0.15) is 0 Å². The van der Waals surface area contributed by atoms with Gasteiger partial charge >= 0.3 is 7.12 Å². The fraction of sp³-hybridized carbons (Fsp3) is 0.619. The van der Waals surface area contributed by atoms with E-state index in [1.165, 1.54) is 31.2 Å². The molecular formula is C21H30BNO2. The van der Waals surface area contributed by atoms with E-state index in [9.17, 15) is 0 Å². The lowest BCUT2D eigenvalue weighted by Crippen LogP contribution is -2.44. The van der Waals surface area contributed by atoms with Crippen LogP contribution in [0.2, 0.25) is 0 Å². The van der Waals surface area contributed by atoms with Crippen LogP contribution in [0.25, 0.3) is 0 Å². The van der Waals surface area contributed by atoms with E-state index in [0.29, 0.717) is 12.1 Å². The largest absolute Gasteiger partial charge is 0.494 e. The Kier molecular flexibility index (Phi) is 4.34. The average molecular weight is 339 g/mol. The van der Waals surface area contributed by atoms with Crippen molar-refractivity contribution >= 4 is 12.6 Å². The first-order valence-electron chi connectivity index (χ1n) is 9.72. The topological polar surface area (TPSA) is 30.5 Å². The maximum absolute atomic E-state index is 6.21. The highest BCUT2D eigenvalue weighted by atomic mass is 16.7. The van der Waals surface area contributed by atoms with Gasteiger partial charge in [0.15, 0.2) is 0 Å². The number of nitrogens with one attached hydrogen (secondary N) is 1. The zero-order chi connectivity index (χ0) is 17.7. The van der Waals surface area contributed by atoms with Crippen molar-refractivity contribution < 1.29 is 9.31 Å². The van der Waals surface area contributed by atoms with Crippen LogP contribution in [0.3, 0.4) is 0 Å². The molecule has 3 heterocycles. The molecule has 0 spiro atoms. The first-order valence-corrected chi connectivity index (χ1v) is 9.72. The molecule has 4 heteroatoms. The van der Waals surface area contributed by atoms with E-state index in [2.05, 4.69) is 63.4 Å². The van der Waals surface area contributed by atoms with Gasteiger partial charge in [0.25, 0.3) is 0 Å². The third-order valence-corrected chi connectivity index (χ3v) is 6.37. The molecule has 134 valence electrons. The van der Waals surface area contributed by atoms with E-state index in [0.717, 1.165) is 11.9 Å². The Morgan fingerprint density at radius 3 is 2.60 bits per heavy atom. The van der Waals surface area contributed by atoms with Gasteiger partial charge in [-0.25, -0.2) is 0 Å². The summed E-state index contributed by atoms with van der Waals surface area (Å²) < 4.78 is 12.4. The molecule has 4 rings (SSSR count). The first kappa shape index (κ1) is 17.3. The summed E-state index contributed by atoms with van der Waals surface area (Å²) in [5.74, 6) is 0. The molecule has 1 N–H and O–H groups in total. The molecule has 3 aliphatic heterocycles. The number of hydrogen-bond donors (Lipinski definition) is 1. The van der Waals surface area contributed by atoms with Crippen molar-refractivity contribution in [2.75, 3.05) is 0 Å². The number of piperidine rings is 1. The Morgan fingerprint density at radius 1 is 1.12 bits per heavy atom. The summed E-state index contributed by atoms with van der Waals surface area (Å²) in [5, 5.41) is 3.73. The van der Waals surface area contributed by atoms with Crippen molar-refractivity contribution in [2.45, 2.75) is 83.1 Å². The van der Waals surface area contributed by atoms with Crippen molar-refractivity contribution in [1.82, 2.24) is 5.32 Å². The third kappa shape index (κ3) is 3.44. The van der Waals surface area contributed by atoms with Gasteiger partial charge in [-0.1, -0.05) is 42.3 Å². The van der Waals surface area contributed by atoms with Crippen molar-refractivity contribution in [2.24, 2.45) is 0 Å². The van der Waals surface area contributed by atoms with Crippen LogP contribution in [-0.2, 0) is 15.7 Å². The Bertz CT molecular complexity index is 666. The summed E-state index contributed by atoms with van der Waals surface area (Å²) in [5.41, 5.74) is 3.49. The quantitative estimate of drug-likeness (QED) is 0.677. The maximum atomic E-state index is 6.21. The molecular weight excluding hydrogens is 309 g/mol. The second-order valence-electron chi connectivity index (χ2n) is 8.94. The van der Waals surface area contributed by atoms with Gasteiger partial charge in [-0.15, -0.1) is 0 Å². The van der Waals surface area contributed by atoms with Crippen molar-refractivity contribution in [3.63, 3.8) is 0 Å². The zero-order valence-corrected chi connectivity index (χ0v) is 16.0. The van der Waals surface area contributed by atoms with Crippen LogP contribution in [0.5, 0.6) is 0 Å². The Labute approximate surface area is 152 Å². The molecule has 2 fully saturated rings. The smallest absolute Gasteiger partial charge is 0.399 e. The fourth-order valence-electron chi connectivity index (χ4n) is 4.24. The molecule has 25 heavy (non-hydrogen) atoms. The molecule has 0 aliphatic carbocycles. The minimum atomic E-state index is -0.289. The van der Waals surface area contributed by atoms with E-state index in [1.807, 2.05) is 0 Å². The van der Waals surface area contributed by atoms with Gasteiger partial charge in [-0.05, 0) is 64.4 Å². The number of hydrogen-bond acceptors (Lipinski definition) is 3. The molecule has 2 atom stereocenters. The van der Waals surface area contributed by atoms with E-state index in [-0.39, 0.29) is 18.3 Å². The second kappa shape index (κ2) is 6.26. The minimum absolute atomic E-state index is 0.272. The van der Waals surface area contributed by atoms with Crippen molar-refractivity contribution in [3.05, 3.63) is 41.5 Å². The third-order valence-electron chi connectivity index (χ3n) is 6.37. The lowest BCUT2D eigenvalue weighted by molar-refractivity contribution is 0.00578. The van der Waals surface area contributed by atoms with Crippen LogP contribution in [-0.4, -0.2) is 30.4 Å². The van der Waals surface area contributed by atoms with Crippen LogP contribution < -0.4 is 10.8 Å². The van der Waals surface area contributed by atoms with Crippen LogP contribution in [0, 0.1) is 0 Å². The summed E-state index contributed by atoms with van der Waals surface area (Å²) in [6.45, 7) is 8.43. The molecule has 3 nitrogen and oxygen atoms in total. The Hall–Kier alpha value is -1.10. The maximum Gasteiger partial charge on any atom is 0.494 e. The molecule has 2 saturated heterocycles. The highest BCUT2D eigenvalue weighted by Crippen LogP contribution is 2.36. The predicted molar refractivity (Wildman–Crippen MR) is 103 cm³/mol. The van der Waals surface area contributed by atoms with E-state index in [4.69, 9.17) is 9.31 Å². The summed E-state index contributed by atoms with van der Waals surface area (Å²) in [6.07, 6.45) is 8.68. The van der Waals surface area contributed by atoms with Crippen LogP contribution >= 0.6 is 0 Å². The van der Waals surface area contributed by atoms with E-state index < -0.39 is 0 Å². The summed E-state index contributed by atoms with van der Waals surface area (Å²) in [7, 11) is -0.272. The SMILES string of the molecule is CC1(C)OB(c2cccc(CC3=CC4CCCC(C3)N4)c2)OC1(C)C. The molecule has 0 saturated carbocycles. The first-order chi connectivity index (χ1) is 11.8. The fourth-order valence-corrected chi connectivity index (χ4v) is 4.24. The van der Waals surface area contributed by atoms with Crippen molar-refractivity contribution in [1.29, 1.82) is 0 Å². The summed E-state index contributed by atoms with van der Waals surface area (Å²) in [4.78, 5) is 0.